The first kappa shape index (κ1) is 21.5. The van der Waals surface area contributed by atoms with Crippen molar-refractivity contribution in [2.24, 2.45) is 0 Å². The Bertz CT molecular complexity index is 365. The van der Waals surface area contributed by atoms with Gasteiger partial charge >= 0.3 is 0 Å². The molecular weight excluding hydrogens is 290 g/mol. The number of nitrogens with one attached hydrogen (secondary N) is 1. The predicted molar refractivity (Wildman–Crippen MR) is 96.1 cm³/mol. The molecule has 1 fully saturated rings. The van der Waals surface area contributed by atoms with E-state index < -0.39 is 0 Å². The summed E-state index contributed by atoms with van der Waals surface area (Å²) in [5.41, 5.74) is 0.602. The van der Waals surface area contributed by atoms with Crippen molar-refractivity contribution in [2.45, 2.75) is 59.3 Å². The minimum atomic E-state index is -0.195. The first-order valence-corrected chi connectivity index (χ1v) is 8.91. The Morgan fingerprint density at radius 1 is 1.00 bits per heavy atom. The Labute approximate surface area is 142 Å². The van der Waals surface area contributed by atoms with Crippen LogP contribution in [0.15, 0.2) is 11.9 Å². The number of nitrogens with zero attached hydrogens (tertiary/aromatic N) is 2. The lowest BCUT2D eigenvalue weighted by atomic mass is 10.0. The van der Waals surface area contributed by atoms with E-state index in [0.29, 0.717) is 5.70 Å². The summed E-state index contributed by atoms with van der Waals surface area (Å²) in [5, 5.41) is 2.58. The van der Waals surface area contributed by atoms with E-state index in [9.17, 15) is 9.59 Å². The summed E-state index contributed by atoms with van der Waals surface area (Å²) in [6.45, 7) is 7.26. The van der Waals surface area contributed by atoms with E-state index in [1.807, 2.05) is 37.7 Å². The highest BCUT2D eigenvalue weighted by molar-refractivity contribution is 5.95. The summed E-state index contributed by atoms with van der Waals surface area (Å²) in [4.78, 5) is 26.2. The molecule has 1 aliphatic heterocycles. The maximum absolute atomic E-state index is 11.7. The number of Topliss-reactive ketones (excluding diaryl/α,β-unsaturated/α-hetero) is 1. The Kier molecular flexibility index (Phi) is 12.1. The van der Waals surface area contributed by atoms with Gasteiger partial charge in [-0.25, -0.2) is 0 Å². The van der Waals surface area contributed by atoms with Crippen LogP contribution in [0.25, 0.3) is 0 Å². The Morgan fingerprint density at radius 3 is 1.91 bits per heavy atom. The molecule has 1 saturated carbocycles. The van der Waals surface area contributed by atoms with E-state index >= 15 is 0 Å². The van der Waals surface area contributed by atoms with Gasteiger partial charge < -0.3 is 15.1 Å². The van der Waals surface area contributed by atoms with Gasteiger partial charge in [0.05, 0.1) is 6.54 Å². The molecule has 5 nitrogen and oxygen atoms in total. The summed E-state index contributed by atoms with van der Waals surface area (Å²) in [5.74, 6) is -0.241. The van der Waals surface area contributed by atoms with Crippen molar-refractivity contribution in [1.29, 1.82) is 0 Å². The molecule has 0 atom stereocenters. The maximum Gasteiger partial charge on any atom is 0.269 e. The molecule has 0 spiro atoms. The lowest BCUT2D eigenvalue weighted by molar-refractivity contribution is -0.123. The minimum Gasteiger partial charge on any atom is -0.377 e. The number of ketones is 1. The van der Waals surface area contributed by atoms with Gasteiger partial charge in [-0.15, -0.1) is 0 Å². The van der Waals surface area contributed by atoms with Crippen LogP contribution < -0.4 is 5.32 Å². The van der Waals surface area contributed by atoms with Crippen molar-refractivity contribution in [3.05, 3.63) is 11.9 Å². The van der Waals surface area contributed by atoms with Crippen molar-refractivity contribution in [2.75, 3.05) is 33.7 Å². The molecule has 0 aromatic heterocycles. The fourth-order valence-electron chi connectivity index (χ4n) is 2.39. The van der Waals surface area contributed by atoms with Crippen LogP contribution >= 0.6 is 0 Å². The number of hydrogen-bond donors (Lipinski definition) is 1. The number of carbonyl (C=O) groups excluding carboxylic acids is 2. The highest BCUT2D eigenvalue weighted by Gasteiger charge is 2.18. The Balaban J connectivity index is 0.000000501. The first-order chi connectivity index (χ1) is 11.0. The number of likely N-dealkylation sites (N-methyl/N-ethyl adjacent to an activating group) is 2. The first-order valence-electron chi connectivity index (χ1n) is 8.91. The molecule has 0 aromatic rings. The van der Waals surface area contributed by atoms with Crippen LogP contribution in [-0.2, 0) is 9.59 Å². The average molecular weight is 325 g/mol. The van der Waals surface area contributed by atoms with Gasteiger partial charge in [-0.3, -0.25) is 9.59 Å². The maximum atomic E-state index is 11.7. The van der Waals surface area contributed by atoms with Crippen LogP contribution in [-0.4, -0.2) is 55.2 Å². The Hall–Kier alpha value is -1.52. The molecule has 0 aromatic carbocycles. The standard InChI is InChI=1S/C10H17N3O2.C6H12.C2H6/c1-8(14)6-11-10(15)9-7-12(2)4-5-13(9)3;1-2-4-6-5-3-1;1-2/h7H,4-6H2,1-3H3,(H,11,15);1-6H2;1-2H3. The molecule has 1 N–H and O–H groups in total. The number of rotatable bonds is 3. The molecule has 5 heteroatoms. The van der Waals surface area contributed by atoms with Crippen LogP contribution in [0.2, 0.25) is 0 Å². The second-order valence-corrected chi connectivity index (χ2v) is 5.92. The molecule has 1 aliphatic carbocycles. The van der Waals surface area contributed by atoms with Crippen molar-refractivity contribution >= 4 is 11.7 Å². The molecule has 0 saturated heterocycles. The molecular formula is C18H35N3O2. The van der Waals surface area contributed by atoms with Crippen LogP contribution in [0, 0.1) is 0 Å². The second kappa shape index (κ2) is 13.0. The lowest BCUT2D eigenvalue weighted by Gasteiger charge is -2.30. The third kappa shape index (κ3) is 9.97. The normalized spacial score (nSPS) is 17.0. The van der Waals surface area contributed by atoms with Gasteiger partial charge in [-0.1, -0.05) is 52.4 Å². The number of amides is 1. The smallest absolute Gasteiger partial charge is 0.269 e. The molecule has 0 radical (unpaired) electrons. The molecule has 23 heavy (non-hydrogen) atoms. The summed E-state index contributed by atoms with van der Waals surface area (Å²) in [6, 6.07) is 0. The molecule has 0 bridgehead atoms. The van der Waals surface area contributed by atoms with Crippen LogP contribution in [0.1, 0.15) is 59.3 Å². The quantitative estimate of drug-likeness (QED) is 0.867. The second-order valence-electron chi connectivity index (χ2n) is 5.92. The van der Waals surface area contributed by atoms with Gasteiger partial charge in [-0.2, -0.15) is 0 Å². The van der Waals surface area contributed by atoms with Gasteiger partial charge in [0, 0.05) is 33.4 Å². The van der Waals surface area contributed by atoms with Gasteiger partial charge in [-0.05, 0) is 6.92 Å². The summed E-state index contributed by atoms with van der Waals surface area (Å²) in [7, 11) is 3.79. The van der Waals surface area contributed by atoms with Crippen molar-refractivity contribution in [1.82, 2.24) is 15.1 Å². The summed E-state index contributed by atoms with van der Waals surface area (Å²) in [6.07, 6.45) is 10.8. The molecule has 134 valence electrons. The zero-order chi connectivity index (χ0) is 17.7. The van der Waals surface area contributed by atoms with Crippen LogP contribution in [0.5, 0.6) is 0 Å². The topological polar surface area (TPSA) is 52.7 Å². The monoisotopic (exact) mass is 325 g/mol. The number of hydrogen-bond acceptors (Lipinski definition) is 4. The van der Waals surface area contributed by atoms with E-state index in [0.717, 1.165) is 13.1 Å². The lowest BCUT2D eigenvalue weighted by Crippen LogP contribution is -2.41. The minimum absolute atomic E-state index is 0.0456. The average Bonchev–Trinajstić information content (AvgIpc) is 2.59. The Morgan fingerprint density at radius 2 is 1.48 bits per heavy atom. The number of carbonyl (C=O) groups is 2. The van der Waals surface area contributed by atoms with Gasteiger partial charge in [0.1, 0.15) is 11.5 Å². The van der Waals surface area contributed by atoms with Gasteiger partial charge in [0.15, 0.2) is 0 Å². The fraction of sp³-hybridized carbons (Fsp3) is 0.778. The fourth-order valence-corrected chi connectivity index (χ4v) is 2.39. The van der Waals surface area contributed by atoms with E-state index in [1.54, 1.807) is 6.20 Å². The zero-order valence-electron chi connectivity index (χ0n) is 15.7. The van der Waals surface area contributed by atoms with Crippen LogP contribution in [0.3, 0.4) is 0 Å². The van der Waals surface area contributed by atoms with E-state index in [4.69, 9.17) is 0 Å². The molecule has 1 heterocycles. The largest absolute Gasteiger partial charge is 0.377 e. The third-order valence-corrected chi connectivity index (χ3v) is 3.77. The summed E-state index contributed by atoms with van der Waals surface area (Å²) < 4.78 is 0. The SMILES string of the molecule is C1CCCCC1.CC.CC(=O)CNC(=O)C1=CN(C)CCN1C. The van der Waals surface area contributed by atoms with Crippen molar-refractivity contribution in [3.63, 3.8) is 0 Å². The van der Waals surface area contributed by atoms with E-state index in [1.165, 1.54) is 45.4 Å². The highest BCUT2D eigenvalue weighted by atomic mass is 16.2. The highest BCUT2D eigenvalue weighted by Crippen LogP contribution is 2.15. The van der Waals surface area contributed by atoms with Gasteiger partial charge in [0.25, 0.3) is 5.91 Å². The van der Waals surface area contributed by atoms with Crippen molar-refractivity contribution < 1.29 is 9.59 Å². The molecule has 2 aliphatic rings. The van der Waals surface area contributed by atoms with E-state index in [-0.39, 0.29) is 18.2 Å². The predicted octanol–water partition coefficient (Wildman–Crippen LogP) is 2.78. The zero-order valence-corrected chi connectivity index (χ0v) is 15.7. The molecule has 1 amide bonds. The molecule has 2 rings (SSSR count). The molecule has 0 unspecified atom stereocenters. The van der Waals surface area contributed by atoms with Gasteiger partial charge in [0.2, 0.25) is 0 Å². The van der Waals surface area contributed by atoms with Crippen LogP contribution in [0.4, 0.5) is 0 Å². The van der Waals surface area contributed by atoms with Crippen molar-refractivity contribution in [3.8, 4) is 0 Å². The summed E-state index contributed by atoms with van der Waals surface area (Å²) >= 11 is 0. The third-order valence-electron chi connectivity index (χ3n) is 3.77. The van der Waals surface area contributed by atoms with E-state index in [2.05, 4.69) is 5.32 Å².